The summed E-state index contributed by atoms with van der Waals surface area (Å²) in [5.74, 6) is -0.202. The fraction of sp³-hybridized carbons (Fsp3) is 0.650. The molecule has 1 unspecified atom stereocenters. The van der Waals surface area contributed by atoms with E-state index in [1.165, 1.54) is 17.0 Å². The monoisotopic (exact) mass is 378 g/mol. The third-order valence-corrected chi connectivity index (χ3v) is 7.51. The Morgan fingerprint density at radius 3 is 2.50 bits per heavy atom. The minimum atomic E-state index is -3.28. The lowest BCUT2D eigenvalue weighted by Gasteiger charge is -2.39. The van der Waals surface area contributed by atoms with Gasteiger partial charge in [0.2, 0.25) is 15.9 Å². The summed E-state index contributed by atoms with van der Waals surface area (Å²) in [4.78, 5) is 15.2. The smallest absolute Gasteiger partial charge is 0.231 e. The van der Waals surface area contributed by atoms with Gasteiger partial charge in [-0.15, -0.1) is 0 Å². The van der Waals surface area contributed by atoms with Crippen LogP contribution in [0.2, 0.25) is 0 Å². The summed E-state index contributed by atoms with van der Waals surface area (Å²) in [6, 6.07) is 7.97. The number of para-hydroxylation sites is 1. The Morgan fingerprint density at radius 2 is 1.88 bits per heavy atom. The van der Waals surface area contributed by atoms with E-state index >= 15 is 0 Å². The van der Waals surface area contributed by atoms with E-state index in [0.717, 1.165) is 43.4 Å². The lowest BCUT2D eigenvalue weighted by atomic mass is 9.67. The average molecular weight is 379 g/mol. The SMILES string of the molecule is CCc1ccccc1N(C)C(=O)C1CN(S(C)(=O)=O)CC12CCCCC2. The Morgan fingerprint density at radius 1 is 1.23 bits per heavy atom. The molecule has 0 N–H and O–H groups in total. The molecule has 6 heteroatoms. The quantitative estimate of drug-likeness (QED) is 0.809. The van der Waals surface area contributed by atoms with Gasteiger partial charge in [0.1, 0.15) is 0 Å². The largest absolute Gasteiger partial charge is 0.315 e. The highest BCUT2D eigenvalue weighted by Crippen LogP contribution is 2.49. The maximum atomic E-state index is 13.5. The summed E-state index contributed by atoms with van der Waals surface area (Å²) in [6.07, 6.45) is 7.34. The highest BCUT2D eigenvalue weighted by atomic mass is 32.2. The normalized spacial score (nSPS) is 23.3. The molecule has 1 saturated heterocycles. The minimum absolute atomic E-state index is 0.0546. The van der Waals surface area contributed by atoms with Crippen LogP contribution in [0.1, 0.15) is 44.6 Å². The summed E-state index contributed by atoms with van der Waals surface area (Å²) in [7, 11) is -1.46. The van der Waals surface area contributed by atoms with E-state index in [1.54, 1.807) is 4.90 Å². The first-order chi connectivity index (χ1) is 12.3. The highest BCUT2D eigenvalue weighted by molar-refractivity contribution is 7.88. The van der Waals surface area contributed by atoms with Gasteiger partial charge in [0.15, 0.2) is 0 Å². The van der Waals surface area contributed by atoms with E-state index < -0.39 is 10.0 Å². The molecule has 1 spiro atoms. The number of amides is 1. The second-order valence-corrected chi connectivity index (χ2v) is 9.89. The van der Waals surface area contributed by atoms with Crippen molar-refractivity contribution in [3.63, 3.8) is 0 Å². The lowest BCUT2D eigenvalue weighted by Crippen LogP contribution is -2.43. The average Bonchev–Trinajstić information content (AvgIpc) is 3.00. The van der Waals surface area contributed by atoms with Crippen LogP contribution in [-0.2, 0) is 21.2 Å². The van der Waals surface area contributed by atoms with E-state index in [0.29, 0.717) is 13.1 Å². The van der Waals surface area contributed by atoms with Crippen molar-refractivity contribution in [3.05, 3.63) is 29.8 Å². The van der Waals surface area contributed by atoms with Crippen LogP contribution >= 0.6 is 0 Å². The van der Waals surface area contributed by atoms with Crippen LogP contribution in [0.5, 0.6) is 0 Å². The van der Waals surface area contributed by atoms with Gasteiger partial charge in [-0.25, -0.2) is 12.7 Å². The molecule has 1 aromatic carbocycles. The van der Waals surface area contributed by atoms with Gasteiger partial charge in [-0.05, 0) is 36.3 Å². The Bertz CT molecular complexity index is 769. The predicted molar refractivity (Wildman–Crippen MR) is 105 cm³/mol. The van der Waals surface area contributed by atoms with Crippen molar-refractivity contribution in [2.75, 3.05) is 31.3 Å². The number of carbonyl (C=O) groups excluding carboxylic acids is 1. The molecule has 3 rings (SSSR count). The van der Waals surface area contributed by atoms with Crippen LogP contribution < -0.4 is 4.90 Å². The maximum absolute atomic E-state index is 13.5. The number of hydrogen-bond donors (Lipinski definition) is 0. The predicted octanol–water partition coefficient (Wildman–Crippen LogP) is 3.05. The van der Waals surface area contributed by atoms with Crippen molar-refractivity contribution >= 4 is 21.6 Å². The Balaban J connectivity index is 1.92. The molecule has 26 heavy (non-hydrogen) atoms. The van der Waals surface area contributed by atoms with Gasteiger partial charge in [0.25, 0.3) is 0 Å². The van der Waals surface area contributed by atoms with E-state index in [-0.39, 0.29) is 17.2 Å². The molecular formula is C20H30N2O3S. The number of aryl methyl sites for hydroxylation is 1. The van der Waals surface area contributed by atoms with Gasteiger partial charge in [-0.1, -0.05) is 44.4 Å². The van der Waals surface area contributed by atoms with Crippen molar-refractivity contribution in [1.82, 2.24) is 4.31 Å². The minimum Gasteiger partial charge on any atom is -0.315 e. The first-order valence-electron chi connectivity index (χ1n) is 9.59. The Hall–Kier alpha value is -1.40. The second kappa shape index (κ2) is 7.31. The molecule has 1 aromatic rings. The molecule has 0 bridgehead atoms. The zero-order chi connectivity index (χ0) is 18.9. The Kier molecular flexibility index (Phi) is 5.45. The zero-order valence-corrected chi connectivity index (χ0v) is 16.9. The van der Waals surface area contributed by atoms with Crippen LogP contribution in [0, 0.1) is 11.3 Å². The third kappa shape index (κ3) is 3.54. The molecule has 5 nitrogen and oxygen atoms in total. The maximum Gasteiger partial charge on any atom is 0.231 e. The van der Waals surface area contributed by atoms with Gasteiger partial charge in [0, 0.05) is 25.8 Å². The molecule has 0 aromatic heterocycles. The molecule has 2 fully saturated rings. The number of carbonyl (C=O) groups is 1. The molecule has 1 aliphatic carbocycles. The van der Waals surface area contributed by atoms with Crippen molar-refractivity contribution in [1.29, 1.82) is 0 Å². The summed E-state index contributed by atoms with van der Waals surface area (Å²) >= 11 is 0. The first kappa shape index (κ1) is 19.4. The van der Waals surface area contributed by atoms with Crippen molar-refractivity contribution in [2.45, 2.75) is 45.4 Å². The number of anilines is 1. The van der Waals surface area contributed by atoms with Gasteiger partial charge in [-0.3, -0.25) is 4.79 Å². The number of rotatable bonds is 4. The molecule has 1 atom stereocenters. The molecule has 1 heterocycles. The fourth-order valence-corrected chi connectivity index (χ4v) is 5.68. The molecule has 144 valence electrons. The van der Waals surface area contributed by atoms with Gasteiger partial charge >= 0.3 is 0 Å². The van der Waals surface area contributed by atoms with Crippen LogP contribution in [0.3, 0.4) is 0 Å². The van der Waals surface area contributed by atoms with Crippen molar-refractivity contribution < 1.29 is 13.2 Å². The summed E-state index contributed by atoms with van der Waals surface area (Å²) in [5, 5.41) is 0. The summed E-state index contributed by atoms with van der Waals surface area (Å²) in [6.45, 7) is 2.89. The summed E-state index contributed by atoms with van der Waals surface area (Å²) in [5.41, 5.74) is 1.87. The fourth-order valence-electron chi connectivity index (χ4n) is 4.77. The van der Waals surface area contributed by atoms with Gasteiger partial charge < -0.3 is 4.90 Å². The van der Waals surface area contributed by atoms with Gasteiger partial charge in [-0.2, -0.15) is 0 Å². The zero-order valence-electron chi connectivity index (χ0n) is 16.1. The van der Waals surface area contributed by atoms with E-state index in [4.69, 9.17) is 0 Å². The lowest BCUT2D eigenvalue weighted by molar-refractivity contribution is -0.125. The van der Waals surface area contributed by atoms with E-state index in [2.05, 4.69) is 6.92 Å². The molecule has 1 saturated carbocycles. The number of benzene rings is 1. The molecule has 2 aliphatic rings. The van der Waals surface area contributed by atoms with E-state index in [1.807, 2.05) is 31.3 Å². The molecule has 1 aliphatic heterocycles. The van der Waals surface area contributed by atoms with Crippen molar-refractivity contribution in [3.8, 4) is 0 Å². The van der Waals surface area contributed by atoms with Crippen LogP contribution in [0.15, 0.2) is 24.3 Å². The first-order valence-corrected chi connectivity index (χ1v) is 11.4. The van der Waals surface area contributed by atoms with Gasteiger partial charge in [0.05, 0.1) is 12.2 Å². The van der Waals surface area contributed by atoms with Crippen molar-refractivity contribution in [2.24, 2.45) is 11.3 Å². The summed E-state index contributed by atoms with van der Waals surface area (Å²) < 4.78 is 25.9. The number of nitrogens with zero attached hydrogens (tertiary/aromatic N) is 2. The molecule has 1 amide bonds. The van der Waals surface area contributed by atoms with Crippen LogP contribution in [-0.4, -0.2) is 45.0 Å². The van der Waals surface area contributed by atoms with E-state index in [9.17, 15) is 13.2 Å². The molecular weight excluding hydrogens is 348 g/mol. The highest BCUT2D eigenvalue weighted by Gasteiger charge is 2.52. The molecule has 0 radical (unpaired) electrons. The van der Waals surface area contributed by atoms with Crippen LogP contribution in [0.25, 0.3) is 0 Å². The second-order valence-electron chi connectivity index (χ2n) is 7.91. The number of sulfonamides is 1. The topological polar surface area (TPSA) is 57.7 Å². The van der Waals surface area contributed by atoms with Crippen LogP contribution in [0.4, 0.5) is 5.69 Å². The Labute approximate surface area is 157 Å². The standard InChI is InChI=1S/C20H30N2O3S/c1-4-16-10-6-7-11-18(16)21(2)19(23)17-14-22(26(3,24)25)15-20(17)12-8-5-9-13-20/h6-7,10-11,17H,4-5,8-9,12-15H2,1-3H3. The third-order valence-electron chi connectivity index (χ3n) is 6.30. The number of hydrogen-bond acceptors (Lipinski definition) is 3.